The molecule has 2 unspecified atom stereocenters. The van der Waals surface area contributed by atoms with Gasteiger partial charge in [0.25, 0.3) is 5.91 Å². The molecule has 4 atom stereocenters. The number of nitrogens with one attached hydrogen (secondary N) is 2. The number of primary amides is 1. The van der Waals surface area contributed by atoms with Gasteiger partial charge in [-0.2, -0.15) is 0 Å². The molecule has 1 saturated carbocycles. The van der Waals surface area contributed by atoms with E-state index in [1.54, 1.807) is 20.2 Å². The molecular formula is C27H36Cl2N4O8. The highest BCUT2D eigenvalue weighted by atomic mass is 35.5. The van der Waals surface area contributed by atoms with Crippen LogP contribution in [0.3, 0.4) is 0 Å². The highest BCUT2D eigenvalue weighted by Crippen LogP contribution is 2.53. The molecule has 8 N–H and O–H groups in total. The number of aromatic hydroxyl groups is 1. The van der Waals surface area contributed by atoms with E-state index < -0.39 is 69.7 Å². The number of nitrogens with zero attached hydrogens (tertiary/aromatic N) is 1. The Bertz CT molecular complexity index is 1330. The number of fused-ring (bicyclic) bond motifs is 3. The first-order valence-electron chi connectivity index (χ1n) is 12.9. The molecule has 4 rings (SSSR count). The summed E-state index contributed by atoms with van der Waals surface area (Å²) in [5.41, 5.74) is 1.96. The number of anilines is 1. The molecule has 0 aliphatic heterocycles. The van der Waals surface area contributed by atoms with Crippen LogP contribution in [0.5, 0.6) is 5.75 Å². The lowest BCUT2D eigenvalue weighted by atomic mass is 9.57. The predicted molar refractivity (Wildman–Crippen MR) is 155 cm³/mol. The van der Waals surface area contributed by atoms with Crippen molar-refractivity contribution in [2.75, 3.05) is 32.5 Å². The van der Waals surface area contributed by atoms with Crippen LogP contribution in [0.4, 0.5) is 5.69 Å². The molecule has 0 bridgehead atoms. The number of carbonyl (C=O) groups is 4. The lowest BCUT2D eigenvalue weighted by Crippen LogP contribution is -2.65. The number of hydrogen-bond donors (Lipinski definition) is 7. The summed E-state index contributed by atoms with van der Waals surface area (Å²) in [5, 5.41) is 50.3. The Morgan fingerprint density at radius 2 is 1.80 bits per heavy atom. The summed E-state index contributed by atoms with van der Waals surface area (Å²) in [6.07, 6.45) is 2.05. The van der Waals surface area contributed by atoms with Crippen molar-refractivity contribution in [1.29, 1.82) is 0 Å². The van der Waals surface area contributed by atoms with Gasteiger partial charge in [0.2, 0.25) is 11.7 Å². The maximum atomic E-state index is 13.8. The van der Waals surface area contributed by atoms with Crippen LogP contribution in [0, 0.1) is 11.8 Å². The third-order valence-corrected chi connectivity index (χ3v) is 7.86. The number of phenols is 1. The van der Waals surface area contributed by atoms with Gasteiger partial charge in [0.05, 0.1) is 23.8 Å². The number of halogens is 2. The lowest BCUT2D eigenvalue weighted by Gasteiger charge is -2.50. The molecule has 12 nitrogen and oxygen atoms in total. The van der Waals surface area contributed by atoms with Gasteiger partial charge in [-0.3, -0.25) is 24.1 Å². The molecule has 0 heterocycles. The second-order valence-corrected chi connectivity index (χ2v) is 10.5. The Balaban J connectivity index is 0.00000294. The van der Waals surface area contributed by atoms with Crippen molar-refractivity contribution in [3.05, 3.63) is 40.2 Å². The van der Waals surface area contributed by atoms with Crippen LogP contribution in [0.25, 0.3) is 5.76 Å². The molecule has 1 fully saturated rings. The third-order valence-electron chi connectivity index (χ3n) is 7.86. The Labute approximate surface area is 249 Å². The van der Waals surface area contributed by atoms with Crippen molar-refractivity contribution in [2.24, 2.45) is 17.6 Å². The number of hydrogen-bond acceptors (Lipinski definition) is 10. The number of likely N-dealkylation sites (N-methyl/N-ethyl adjacent to an activating group) is 1. The third kappa shape index (κ3) is 5.54. The second-order valence-electron chi connectivity index (χ2n) is 10.5. The Morgan fingerprint density at radius 1 is 1.15 bits per heavy atom. The van der Waals surface area contributed by atoms with E-state index in [-0.39, 0.29) is 61.0 Å². The van der Waals surface area contributed by atoms with Gasteiger partial charge in [-0.25, -0.2) is 0 Å². The quantitative estimate of drug-likeness (QED) is 0.126. The SMILES string of the molecule is CCCCNCC(=O)Nc1ccc2c(c1O)C(O)=C1C(=O)[C@]3(O)C(O)=C(C(N)=O)C(=O)[C@@H](N(C)C)C3CC1C2.Cl.Cl. The number of rotatable bonds is 8. The van der Waals surface area contributed by atoms with Crippen molar-refractivity contribution in [2.45, 2.75) is 44.2 Å². The fourth-order valence-corrected chi connectivity index (χ4v) is 6.02. The van der Waals surface area contributed by atoms with Gasteiger partial charge in [-0.05, 0) is 57.5 Å². The summed E-state index contributed by atoms with van der Waals surface area (Å²) in [6.45, 7) is 2.69. The molecule has 0 spiro atoms. The number of carbonyl (C=O) groups excluding carboxylic acids is 4. The van der Waals surface area contributed by atoms with Crippen LogP contribution < -0.4 is 16.4 Å². The number of nitrogens with two attached hydrogens (primary N) is 1. The summed E-state index contributed by atoms with van der Waals surface area (Å²) in [4.78, 5) is 52.8. The van der Waals surface area contributed by atoms with Crippen LogP contribution in [0.15, 0.2) is 29.0 Å². The minimum absolute atomic E-state index is 0. The van der Waals surface area contributed by atoms with E-state index in [0.29, 0.717) is 12.1 Å². The van der Waals surface area contributed by atoms with Crippen molar-refractivity contribution >= 4 is 59.6 Å². The number of amides is 2. The van der Waals surface area contributed by atoms with Crippen LogP contribution in [0.1, 0.15) is 37.3 Å². The second kappa shape index (κ2) is 12.8. The van der Waals surface area contributed by atoms with Gasteiger partial charge in [-0.1, -0.05) is 19.4 Å². The zero-order valence-electron chi connectivity index (χ0n) is 22.9. The Hall–Kier alpha value is -3.16. The van der Waals surface area contributed by atoms with Crippen molar-refractivity contribution in [3.63, 3.8) is 0 Å². The highest BCUT2D eigenvalue weighted by molar-refractivity contribution is 6.24. The van der Waals surface area contributed by atoms with E-state index >= 15 is 0 Å². The van der Waals surface area contributed by atoms with Crippen molar-refractivity contribution in [3.8, 4) is 5.75 Å². The molecule has 0 saturated heterocycles. The molecule has 41 heavy (non-hydrogen) atoms. The van der Waals surface area contributed by atoms with Gasteiger partial charge < -0.3 is 36.8 Å². The fourth-order valence-electron chi connectivity index (χ4n) is 6.02. The number of aliphatic hydroxyl groups excluding tert-OH is 2. The minimum atomic E-state index is -2.70. The standard InChI is InChI=1S/C27H34N4O8.2ClH/c1-4-5-8-29-11-16(32)30-15-7-6-12-9-13-10-14-20(31(2)3)23(35)19(26(28)38)25(37)27(14,39)24(36)18(13)22(34)17(12)21(15)33;;/h6-7,13-14,20,29,33-34,37,39H,4-5,8-11H2,1-3H3,(H2,28,38)(H,30,32);2*1H/t13?,14?,20-,27-;;/m0../s1. The summed E-state index contributed by atoms with van der Waals surface area (Å²) in [7, 11) is 3.08. The zero-order chi connectivity index (χ0) is 28.8. The monoisotopic (exact) mass is 614 g/mol. The van der Waals surface area contributed by atoms with Gasteiger partial charge in [-0.15, -0.1) is 24.8 Å². The average Bonchev–Trinajstić information content (AvgIpc) is 2.85. The number of ketones is 2. The van der Waals surface area contributed by atoms with E-state index in [2.05, 4.69) is 10.6 Å². The maximum absolute atomic E-state index is 13.8. The Morgan fingerprint density at radius 3 is 2.39 bits per heavy atom. The van der Waals surface area contributed by atoms with Crippen LogP contribution >= 0.6 is 24.8 Å². The predicted octanol–water partition coefficient (Wildman–Crippen LogP) is 1.14. The molecule has 14 heteroatoms. The van der Waals surface area contributed by atoms with Gasteiger partial charge in [0, 0.05) is 11.5 Å². The summed E-state index contributed by atoms with van der Waals surface area (Å²) < 4.78 is 0. The van der Waals surface area contributed by atoms with Crippen molar-refractivity contribution < 1.29 is 39.6 Å². The summed E-state index contributed by atoms with van der Waals surface area (Å²) in [5.74, 6) is -7.59. The van der Waals surface area contributed by atoms with Crippen LogP contribution in [0.2, 0.25) is 0 Å². The van der Waals surface area contributed by atoms with E-state index in [9.17, 15) is 39.6 Å². The lowest BCUT2D eigenvalue weighted by molar-refractivity contribution is -0.153. The number of aliphatic hydroxyl groups is 3. The van der Waals surface area contributed by atoms with E-state index in [1.807, 2.05) is 6.92 Å². The average molecular weight is 616 g/mol. The van der Waals surface area contributed by atoms with Gasteiger partial charge in [0.15, 0.2) is 11.4 Å². The normalized spacial score (nSPS) is 25.0. The highest BCUT2D eigenvalue weighted by Gasteiger charge is 2.64. The Kier molecular flexibility index (Phi) is 10.6. The first-order valence-corrected chi connectivity index (χ1v) is 12.9. The van der Waals surface area contributed by atoms with Gasteiger partial charge >= 0.3 is 0 Å². The molecule has 3 aliphatic carbocycles. The van der Waals surface area contributed by atoms with E-state index in [4.69, 9.17) is 5.73 Å². The minimum Gasteiger partial charge on any atom is -0.508 e. The molecule has 226 valence electrons. The molecule has 0 aromatic heterocycles. The first-order chi connectivity index (χ1) is 18.4. The largest absolute Gasteiger partial charge is 0.508 e. The summed E-state index contributed by atoms with van der Waals surface area (Å²) in [6, 6.07) is 1.97. The molecular weight excluding hydrogens is 579 g/mol. The molecule has 1 aromatic carbocycles. The number of unbranched alkanes of at least 4 members (excludes halogenated alkanes) is 1. The van der Waals surface area contributed by atoms with Gasteiger partial charge in [0.1, 0.15) is 22.8 Å². The molecule has 3 aliphatic rings. The van der Waals surface area contributed by atoms with E-state index in [0.717, 1.165) is 12.8 Å². The molecule has 2 amide bonds. The topological polar surface area (TPSA) is 203 Å². The fraction of sp³-hybridized carbons (Fsp3) is 0.481. The smallest absolute Gasteiger partial charge is 0.255 e. The number of benzene rings is 1. The first kappa shape index (κ1) is 34.0. The summed E-state index contributed by atoms with van der Waals surface area (Å²) >= 11 is 0. The number of Topliss-reactive ketones (excluding diaryl/α,β-unsaturated/α-hetero) is 2. The number of phenolic OH excluding ortho intramolecular Hbond substituents is 1. The van der Waals surface area contributed by atoms with E-state index in [1.165, 1.54) is 11.0 Å². The van der Waals surface area contributed by atoms with Crippen molar-refractivity contribution in [1.82, 2.24) is 10.2 Å². The molecule has 0 radical (unpaired) electrons. The van der Waals surface area contributed by atoms with Crippen LogP contribution in [-0.4, -0.2) is 87.5 Å². The van der Waals surface area contributed by atoms with Crippen LogP contribution in [-0.2, 0) is 25.6 Å². The molecule has 1 aromatic rings. The zero-order valence-corrected chi connectivity index (χ0v) is 24.5. The maximum Gasteiger partial charge on any atom is 0.255 e.